The third kappa shape index (κ3) is 6.71. The lowest BCUT2D eigenvalue weighted by Crippen LogP contribution is -2.51. The molecule has 38 heavy (non-hydrogen) atoms. The Kier molecular flexibility index (Phi) is 9.12. The van der Waals surface area contributed by atoms with E-state index in [0.717, 1.165) is 5.56 Å². The highest BCUT2D eigenvalue weighted by atomic mass is 16.5. The Morgan fingerprint density at radius 3 is 2.08 bits per heavy atom. The summed E-state index contributed by atoms with van der Waals surface area (Å²) in [6, 6.07) is 15.6. The molecular formula is C27H29N3O8. The van der Waals surface area contributed by atoms with E-state index in [-0.39, 0.29) is 30.8 Å². The molecule has 0 bridgehead atoms. The van der Waals surface area contributed by atoms with E-state index >= 15 is 0 Å². The van der Waals surface area contributed by atoms with Crippen molar-refractivity contribution in [2.45, 2.75) is 25.6 Å². The topological polar surface area (TPSA) is 183 Å². The van der Waals surface area contributed by atoms with Gasteiger partial charge in [-0.05, 0) is 36.8 Å². The fraction of sp³-hybridized carbons (Fsp3) is 0.222. The zero-order chi connectivity index (χ0) is 27.8. The number of esters is 1. The molecule has 0 aromatic heterocycles. The zero-order valence-electron chi connectivity index (χ0n) is 20.6. The molecule has 0 saturated heterocycles. The number of amides is 2. The number of benzene rings is 3. The van der Waals surface area contributed by atoms with E-state index < -0.39 is 52.9 Å². The lowest BCUT2D eigenvalue weighted by molar-refractivity contribution is -0.135. The summed E-state index contributed by atoms with van der Waals surface area (Å²) in [5.74, 6) is -4.33. The standard InChI is InChI=1S/C27H29N3O8/c1-16(38-27(37)19-10-6-12-21(32)24(19)34)22(28)26(36)30(15-17-7-3-2-4-8-17)14-13-29-25(35)18-9-5-11-20(31)23(18)33/h2-12,16,22,31-34H,13-15,28H2,1H3,(H,29,35). The Bertz CT molecular complexity index is 1300. The third-order valence-corrected chi connectivity index (χ3v) is 5.77. The molecule has 3 aromatic carbocycles. The van der Waals surface area contributed by atoms with Gasteiger partial charge in [0.25, 0.3) is 5.91 Å². The van der Waals surface area contributed by atoms with Crippen LogP contribution in [-0.2, 0) is 16.1 Å². The molecule has 11 nitrogen and oxygen atoms in total. The first kappa shape index (κ1) is 27.8. The molecule has 0 aliphatic heterocycles. The molecule has 0 fully saturated rings. The van der Waals surface area contributed by atoms with Gasteiger partial charge in [-0.2, -0.15) is 0 Å². The maximum absolute atomic E-state index is 13.3. The van der Waals surface area contributed by atoms with Gasteiger partial charge in [-0.1, -0.05) is 42.5 Å². The van der Waals surface area contributed by atoms with Gasteiger partial charge >= 0.3 is 5.97 Å². The monoisotopic (exact) mass is 523 g/mol. The lowest BCUT2D eigenvalue weighted by Gasteiger charge is -2.28. The minimum atomic E-state index is -1.28. The van der Waals surface area contributed by atoms with Crippen molar-refractivity contribution in [2.75, 3.05) is 13.1 Å². The highest BCUT2D eigenvalue weighted by Gasteiger charge is 2.30. The number of hydrogen-bond acceptors (Lipinski definition) is 9. The summed E-state index contributed by atoms with van der Waals surface area (Å²) in [6.45, 7) is 1.59. The highest BCUT2D eigenvalue weighted by Crippen LogP contribution is 2.29. The van der Waals surface area contributed by atoms with Crippen molar-refractivity contribution in [1.82, 2.24) is 10.2 Å². The lowest BCUT2D eigenvalue weighted by atomic mass is 10.1. The second kappa shape index (κ2) is 12.5. The van der Waals surface area contributed by atoms with E-state index in [1.54, 1.807) is 12.1 Å². The Morgan fingerprint density at radius 1 is 0.868 bits per heavy atom. The van der Waals surface area contributed by atoms with Crippen molar-refractivity contribution < 1.29 is 39.5 Å². The van der Waals surface area contributed by atoms with Gasteiger partial charge in [-0.15, -0.1) is 0 Å². The second-order valence-corrected chi connectivity index (χ2v) is 8.48. The van der Waals surface area contributed by atoms with E-state index in [4.69, 9.17) is 10.5 Å². The largest absolute Gasteiger partial charge is 0.504 e. The summed E-state index contributed by atoms with van der Waals surface area (Å²) in [5, 5.41) is 41.7. The molecule has 2 amide bonds. The molecule has 0 radical (unpaired) electrons. The van der Waals surface area contributed by atoms with Crippen LogP contribution >= 0.6 is 0 Å². The van der Waals surface area contributed by atoms with E-state index in [1.165, 1.54) is 48.2 Å². The summed E-state index contributed by atoms with van der Waals surface area (Å²) < 4.78 is 5.28. The Labute approximate surface area is 218 Å². The predicted molar refractivity (Wildman–Crippen MR) is 137 cm³/mol. The Hall–Kier alpha value is -4.77. The quantitative estimate of drug-likeness (QED) is 0.171. The molecule has 0 saturated carbocycles. The molecule has 3 rings (SSSR count). The Balaban J connectivity index is 1.69. The van der Waals surface area contributed by atoms with Crippen LogP contribution in [0.15, 0.2) is 66.7 Å². The van der Waals surface area contributed by atoms with Crippen LogP contribution in [0.1, 0.15) is 33.2 Å². The number of carbonyl (C=O) groups is 3. The molecular weight excluding hydrogens is 494 g/mol. The van der Waals surface area contributed by atoms with Crippen molar-refractivity contribution in [1.29, 1.82) is 0 Å². The minimum absolute atomic E-state index is 0.00937. The maximum Gasteiger partial charge on any atom is 0.342 e. The number of aromatic hydroxyl groups is 4. The summed E-state index contributed by atoms with van der Waals surface area (Å²) in [6.07, 6.45) is -1.10. The van der Waals surface area contributed by atoms with Crippen molar-refractivity contribution >= 4 is 17.8 Å². The molecule has 11 heteroatoms. The maximum atomic E-state index is 13.3. The van der Waals surface area contributed by atoms with Crippen LogP contribution in [0.25, 0.3) is 0 Å². The number of hydrogen-bond donors (Lipinski definition) is 6. The van der Waals surface area contributed by atoms with Crippen LogP contribution in [0.3, 0.4) is 0 Å². The Morgan fingerprint density at radius 2 is 1.45 bits per heavy atom. The number of rotatable bonds is 10. The average Bonchev–Trinajstić information content (AvgIpc) is 2.90. The van der Waals surface area contributed by atoms with Gasteiger partial charge in [0.05, 0.1) is 5.56 Å². The molecule has 200 valence electrons. The first-order valence-corrected chi connectivity index (χ1v) is 11.7. The minimum Gasteiger partial charge on any atom is -0.504 e. The number of para-hydroxylation sites is 2. The van der Waals surface area contributed by atoms with Crippen LogP contribution in [0.5, 0.6) is 23.0 Å². The van der Waals surface area contributed by atoms with Gasteiger partial charge in [0.1, 0.15) is 17.7 Å². The smallest absolute Gasteiger partial charge is 0.342 e. The fourth-order valence-electron chi connectivity index (χ4n) is 3.60. The number of nitrogens with one attached hydrogen (secondary N) is 1. The number of phenolic OH excluding ortho intramolecular Hbond substituents is 4. The highest BCUT2D eigenvalue weighted by molar-refractivity contribution is 5.97. The molecule has 0 aliphatic carbocycles. The van der Waals surface area contributed by atoms with E-state index in [0.29, 0.717) is 0 Å². The molecule has 2 atom stereocenters. The number of ether oxygens (including phenoxy) is 1. The van der Waals surface area contributed by atoms with Gasteiger partial charge < -0.3 is 41.1 Å². The summed E-state index contributed by atoms with van der Waals surface area (Å²) in [4.78, 5) is 39.7. The van der Waals surface area contributed by atoms with E-state index in [9.17, 15) is 34.8 Å². The van der Waals surface area contributed by atoms with Crippen LogP contribution in [0, 0.1) is 0 Å². The number of phenols is 4. The van der Waals surface area contributed by atoms with E-state index in [2.05, 4.69) is 5.32 Å². The van der Waals surface area contributed by atoms with E-state index in [1.807, 2.05) is 18.2 Å². The fourth-order valence-corrected chi connectivity index (χ4v) is 3.60. The number of nitrogens with two attached hydrogens (primary N) is 1. The number of carbonyl (C=O) groups excluding carboxylic acids is 3. The van der Waals surface area contributed by atoms with Crippen LogP contribution in [0.4, 0.5) is 0 Å². The van der Waals surface area contributed by atoms with Crippen LogP contribution < -0.4 is 11.1 Å². The third-order valence-electron chi connectivity index (χ3n) is 5.77. The first-order valence-electron chi connectivity index (χ1n) is 11.7. The summed E-state index contributed by atoms with van der Waals surface area (Å²) in [5.41, 5.74) is 6.52. The summed E-state index contributed by atoms with van der Waals surface area (Å²) >= 11 is 0. The first-order chi connectivity index (χ1) is 18.1. The van der Waals surface area contributed by atoms with Gasteiger partial charge in [-0.3, -0.25) is 9.59 Å². The summed E-state index contributed by atoms with van der Waals surface area (Å²) in [7, 11) is 0. The molecule has 3 aromatic rings. The van der Waals surface area contributed by atoms with Crippen LogP contribution in [-0.4, -0.2) is 68.3 Å². The van der Waals surface area contributed by atoms with Gasteiger partial charge in [0.15, 0.2) is 23.0 Å². The van der Waals surface area contributed by atoms with Crippen molar-refractivity contribution in [3.8, 4) is 23.0 Å². The second-order valence-electron chi connectivity index (χ2n) is 8.48. The predicted octanol–water partition coefficient (Wildman–Crippen LogP) is 1.84. The molecule has 0 spiro atoms. The average molecular weight is 524 g/mol. The van der Waals surface area contributed by atoms with Crippen molar-refractivity contribution in [2.24, 2.45) is 5.73 Å². The molecule has 7 N–H and O–H groups in total. The SMILES string of the molecule is CC(OC(=O)c1cccc(O)c1O)C(N)C(=O)N(CCNC(=O)c1cccc(O)c1O)Cc1ccccc1. The molecule has 2 unspecified atom stereocenters. The zero-order valence-corrected chi connectivity index (χ0v) is 20.6. The van der Waals surface area contributed by atoms with Gasteiger partial charge in [0, 0.05) is 19.6 Å². The van der Waals surface area contributed by atoms with Crippen LogP contribution in [0.2, 0.25) is 0 Å². The molecule has 0 heterocycles. The van der Waals surface area contributed by atoms with Crippen molar-refractivity contribution in [3.63, 3.8) is 0 Å². The molecule has 0 aliphatic rings. The van der Waals surface area contributed by atoms with Gasteiger partial charge in [-0.25, -0.2) is 4.79 Å². The normalized spacial score (nSPS) is 12.3. The number of nitrogens with zero attached hydrogens (tertiary/aromatic N) is 1. The van der Waals surface area contributed by atoms with Crippen molar-refractivity contribution in [3.05, 3.63) is 83.4 Å². The van der Waals surface area contributed by atoms with Gasteiger partial charge in [0.2, 0.25) is 5.91 Å².